The van der Waals surface area contributed by atoms with Crippen molar-refractivity contribution in [1.29, 1.82) is 0 Å². The average Bonchev–Trinajstić information content (AvgIpc) is 3.48. The Hall–Kier alpha value is -6.10. The van der Waals surface area contributed by atoms with Crippen molar-refractivity contribution in [3.63, 3.8) is 0 Å². The van der Waals surface area contributed by atoms with Crippen LogP contribution in [0.5, 0.6) is 5.75 Å². The molecule has 0 radical (unpaired) electrons. The van der Waals surface area contributed by atoms with Gasteiger partial charge in [0.05, 0.1) is 25.5 Å². The number of phenols is 1. The van der Waals surface area contributed by atoms with E-state index < -0.39 is 60.3 Å². The van der Waals surface area contributed by atoms with Crippen molar-refractivity contribution in [1.82, 2.24) is 40.8 Å². The zero-order valence-corrected chi connectivity index (χ0v) is 25.9. The third-order valence-corrected chi connectivity index (χ3v) is 7.26. The number of nitrogens with two attached hydrogens (primary N) is 2. The fourth-order valence-corrected chi connectivity index (χ4v) is 4.68. The van der Waals surface area contributed by atoms with E-state index in [1.54, 1.807) is 42.5 Å². The monoisotopic (exact) mass is 660 g/mol. The normalized spacial score (nSPS) is 13.5. The predicted molar refractivity (Wildman–Crippen MR) is 172 cm³/mol. The Morgan fingerprint density at radius 3 is 2.21 bits per heavy atom. The minimum absolute atomic E-state index is 0.0157. The minimum atomic E-state index is -1.44. The number of aromatic nitrogens is 4. The van der Waals surface area contributed by atoms with Gasteiger partial charge in [-0.25, -0.2) is 19.7 Å². The first-order valence-corrected chi connectivity index (χ1v) is 14.8. The summed E-state index contributed by atoms with van der Waals surface area (Å²) in [5, 5.41) is 29.2. The molecule has 4 aromatic rings. The van der Waals surface area contributed by atoms with Crippen molar-refractivity contribution >= 4 is 46.6 Å². The zero-order valence-electron chi connectivity index (χ0n) is 25.9. The van der Waals surface area contributed by atoms with Crippen LogP contribution in [0, 0.1) is 0 Å². The molecule has 0 saturated heterocycles. The van der Waals surface area contributed by atoms with Gasteiger partial charge in [-0.3, -0.25) is 19.2 Å². The maximum atomic E-state index is 13.4. The first-order chi connectivity index (χ1) is 22.9. The van der Waals surface area contributed by atoms with E-state index in [0.717, 1.165) is 0 Å². The molecule has 0 saturated carbocycles. The van der Waals surface area contributed by atoms with Crippen LogP contribution >= 0.6 is 0 Å². The van der Waals surface area contributed by atoms with E-state index in [2.05, 4.69) is 36.2 Å². The highest BCUT2D eigenvalue weighted by Gasteiger charge is 2.28. The van der Waals surface area contributed by atoms with E-state index in [0.29, 0.717) is 11.1 Å². The third kappa shape index (κ3) is 9.46. The Morgan fingerprint density at radius 2 is 1.52 bits per heavy atom. The second-order valence-electron chi connectivity index (χ2n) is 11.0. The summed E-state index contributed by atoms with van der Waals surface area (Å²) in [4.78, 5) is 75.7. The van der Waals surface area contributed by atoms with Crippen LogP contribution in [-0.2, 0) is 43.4 Å². The van der Waals surface area contributed by atoms with Gasteiger partial charge in [-0.1, -0.05) is 42.5 Å². The summed E-state index contributed by atoms with van der Waals surface area (Å²) >= 11 is 0. The van der Waals surface area contributed by atoms with Crippen LogP contribution in [0.1, 0.15) is 18.1 Å². The van der Waals surface area contributed by atoms with E-state index in [9.17, 15) is 34.2 Å². The van der Waals surface area contributed by atoms with Crippen molar-refractivity contribution < 1.29 is 34.2 Å². The van der Waals surface area contributed by atoms with Crippen molar-refractivity contribution in [2.24, 2.45) is 5.73 Å². The number of imidazole rings is 1. The first-order valence-electron chi connectivity index (χ1n) is 14.8. The van der Waals surface area contributed by atoms with Crippen LogP contribution < -0.4 is 32.7 Å². The number of hydrogen-bond acceptors (Lipinski definition) is 11. The number of nitrogens with one attached hydrogen (secondary N) is 4. The van der Waals surface area contributed by atoms with Gasteiger partial charge in [0.15, 0.2) is 11.5 Å². The largest absolute Gasteiger partial charge is 0.508 e. The van der Waals surface area contributed by atoms with Gasteiger partial charge in [-0.2, -0.15) is 0 Å². The lowest BCUT2D eigenvalue weighted by Crippen LogP contribution is -2.55. The number of hydrogen-bond donors (Lipinski definition) is 8. The van der Waals surface area contributed by atoms with E-state index in [-0.39, 0.29) is 42.1 Å². The number of phenolic OH excluding ortho intramolecular Hbond substituents is 1. The van der Waals surface area contributed by atoms with Gasteiger partial charge in [0.1, 0.15) is 35.7 Å². The standard InChI is InChI=1S/C31H36N10O7/c1-17(38-29(45)21(32)11-19-7-9-20(42)10-8-19)28(44)34-13-24(43)39-22(12-18-5-3-2-4-6-18)30(46)40-23(31(47)48)14-41-16-37-25-26(33)35-15-36-27(25)41/h2-10,15-17,21-23,42H,11-14,32H2,1H3,(H,34,44)(H,38,45)(H,39,43)(H,40,46)(H,47,48)(H2,33,35,36)/t17-,21+,22+,23+/m1/s1. The number of aromatic hydroxyl groups is 1. The Balaban J connectivity index is 1.35. The number of carboxylic acid groups (broad SMARTS) is 1. The van der Waals surface area contributed by atoms with E-state index >= 15 is 0 Å². The molecule has 252 valence electrons. The minimum Gasteiger partial charge on any atom is -0.508 e. The molecule has 0 unspecified atom stereocenters. The van der Waals surface area contributed by atoms with Gasteiger partial charge >= 0.3 is 5.97 Å². The predicted octanol–water partition coefficient (Wildman–Crippen LogP) is -1.40. The molecule has 4 amide bonds. The molecule has 10 N–H and O–H groups in total. The molecule has 0 aliphatic heterocycles. The zero-order chi connectivity index (χ0) is 34.8. The van der Waals surface area contributed by atoms with E-state index in [1.807, 2.05) is 0 Å². The summed E-state index contributed by atoms with van der Waals surface area (Å²) in [6.07, 6.45) is 2.72. The maximum Gasteiger partial charge on any atom is 0.328 e. The molecule has 2 aromatic heterocycles. The number of fused-ring (bicyclic) bond motifs is 1. The number of carbonyl (C=O) groups is 5. The summed E-state index contributed by atoms with van der Waals surface area (Å²) in [6.45, 7) is 0.625. The van der Waals surface area contributed by atoms with Crippen LogP contribution in [0.4, 0.5) is 5.82 Å². The second-order valence-corrected chi connectivity index (χ2v) is 11.0. The molecule has 0 spiro atoms. The molecule has 4 rings (SSSR count). The number of nitrogen functional groups attached to an aromatic ring is 1. The molecule has 2 aromatic carbocycles. The fourth-order valence-electron chi connectivity index (χ4n) is 4.68. The van der Waals surface area contributed by atoms with Gasteiger partial charge < -0.3 is 47.5 Å². The Bertz CT molecular complexity index is 1760. The summed E-state index contributed by atoms with van der Waals surface area (Å²) in [5.74, 6) is -3.95. The first kappa shape index (κ1) is 34.8. The van der Waals surface area contributed by atoms with Gasteiger partial charge in [-0.15, -0.1) is 0 Å². The highest BCUT2D eigenvalue weighted by Crippen LogP contribution is 2.15. The lowest BCUT2D eigenvalue weighted by Gasteiger charge is -2.22. The molecule has 2 heterocycles. The third-order valence-electron chi connectivity index (χ3n) is 7.26. The molecule has 4 atom stereocenters. The Kier molecular flexibility index (Phi) is 11.6. The second kappa shape index (κ2) is 15.9. The van der Waals surface area contributed by atoms with Gasteiger partial charge in [0, 0.05) is 6.42 Å². The molecule has 17 nitrogen and oxygen atoms in total. The Labute approximate surface area is 274 Å². The number of carbonyl (C=O) groups excluding carboxylic acids is 4. The number of benzene rings is 2. The summed E-state index contributed by atoms with van der Waals surface area (Å²) in [6, 6.07) is 10.3. The Morgan fingerprint density at radius 1 is 0.833 bits per heavy atom. The lowest BCUT2D eigenvalue weighted by molar-refractivity contribution is -0.142. The van der Waals surface area contributed by atoms with Crippen LogP contribution in [0.2, 0.25) is 0 Å². The number of amides is 4. The number of aliphatic carboxylic acids is 1. The molecule has 48 heavy (non-hydrogen) atoms. The van der Waals surface area contributed by atoms with Crippen LogP contribution in [0.25, 0.3) is 11.2 Å². The number of rotatable bonds is 15. The summed E-state index contributed by atoms with van der Waals surface area (Å²) in [5.41, 5.74) is 13.7. The smallest absolute Gasteiger partial charge is 0.328 e. The van der Waals surface area contributed by atoms with Crippen molar-refractivity contribution in [2.45, 2.75) is 50.5 Å². The van der Waals surface area contributed by atoms with E-state index in [1.165, 1.54) is 36.3 Å². The van der Waals surface area contributed by atoms with Gasteiger partial charge in [0.2, 0.25) is 23.6 Å². The quantitative estimate of drug-likeness (QED) is 0.0732. The highest BCUT2D eigenvalue weighted by atomic mass is 16.4. The molecule has 0 bridgehead atoms. The van der Waals surface area contributed by atoms with Crippen LogP contribution in [0.15, 0.2) is 67.3 Å². The molecule has 0 fully saturated rings. The topological polar surface area (TPSA) is 270 Å². The number of nitrogens with zero attached hydrogens (tertiary/aromatic N) is 4. The molecule has 17 heteroatoms. The van der Waals surface area contributed by atoms with Crippen LogP contribution in [0.3, 0.4) is 0 Å². The number of anilines is 1. The maximum absolute atomic E-state index is 13.4. The molecular weight excluding hydrogens is 624 g/mol. The van der Waals surface area contributed by atoms with E-state index in [4.69, 9.17) is 11.5 Å². The SMILES string of the molecule is C[C@@H](NC(=O)[C@@H](N)Cc1ccc(O)cc1)C(=O)NCC(=O)N[C@@H](Cc1ccccc1)C(=O)N[C@@H](Cn1cnc2c(N)ncnc21)C(=O)O. The molecular formula is C31H36N10O7. The fraction of sp³-hybridized carbons (Fsp3) is 0.290. The van der Waals surface area contributed by atoms with Crippen molar-refractivity contribution in [3.05, 3.63) is 78.4 Å². The molecule has 0 aliphatic carbocycles. The van der Waals surface area contributed by atoms with Gasteiger partial charge in [-0.05, 0) is 36.6 Å². The summed E-state index contributed by atoms with van der Waals surface area (Å²) in [7, 11) is 0. The average molecular weight is 661 g/mol. The van der Waals surface area contributed by atoms with Crippen molar-refractivity contribution in [3.8, 4) is 5.75 Å². The lowest BCUT2D eigenvalue weighted by atomic mass is 10.0. The van der Waals surface area contributed by atoms with Gasteiger partial charge in [0.25, 0.3) is 0 Å². The van der Waals surface area contributed by atoms with Crippen molar-refractivity contribution in [2.75, 3.05) is 12.3 Å². The molecule has 0 aliphatic rings. The van der Waals surface area contributed by atoms with Crippen LogP contribution in [-0.4, -0.2) is 90.0 Å². The number of carboxylic acids is 1. The highest BCUT2D eigenvalue weighted by molar-refractivity contribution is 5.94. The summed E-state index contributed by atoms with van der Waals surface area (Å²) < 4.78 is 1.41.